The third kappa shape index (κ3) is 4.41. The zero-order valence-electron chi connectivity index (χ0n) is 15.2. The van der Waals surface area contributed by atoms with Crippen molar-refractivity contribution in [1.82, 2.24) is 9.78 Å². The van der Waals surface area contributed by atoms with Crippen LogP contribution in [0.2, 0.25) is 0 Å². The first-order valence-electron chi connectivity index (χ1n) is 8.40. The van der Waals surface area contributed by atoms with Crippen molar-refractivity contribution in [3.63, 3.8) is 0 Å². The second-order valence-corrected chi connectivity index (χ2v) is 5.93. The number of aromatic nitrogens is 2. The molecule has 0 atom stereocenters. The van der Waals surface area contributed by atoms with E-state index < -0.39 is 0 Å². The predicted octanol–water partition coefficient (Wildman–Crippen LogP) is 2.58. The monoisotopic (exact) mass is 356 g/mol. The molecule has 0 bridgehead atoms. The van der Waals surface area contributed by atoms with E-state index in [9.17, 15) is 0 Å². The number of benzene rings is 2. The van der Waals surface area contributed by atoms with Gasteiger partial charge in [-0.25, -0.2) is 4.68 Å². The highest BCUT2D eigenvalue weighted by Crippen LogP contribution is 2.16. The number of hydrogen-bond donors (Lipinski definition) is 2. The highest BCUT2D eigenvalue weighted by atomic mass is 15.3. The molecule has 1 aromatic heterocycles. The summed E-state index contributed by atoms with van der Waals surface area (Å²) in [6, 6.07) is 17.8. The number of hydrogen-bond acceptors (Lipinski definition) is 3. The van der Waals surface area contributed by atoms with Crippen LogP contribution in [0.25, 0.3) is 5.69 Å². The van der Waals surface area contributed by atoms with Crippen molar-refractivity contribution in [2.24, 2.45) is 21.7 Å². The van der Waals surface area contributed by atoms with Crippen molar-refractivity contribution in [2.45, 2.75) is 13.8 Å². The molecule has 4 N–H and O–H groups in total. The van der Waals surface area contributed by atoms with E-state index in [1.54, 1.807) is 6.20 Å². The van der Waals surface area contributed by atoms with Crippen LogP contribution < -0.4 is 11.5 Å². The lowest BCUT2D eigenvalue weighted by atomic mass is 10.1. The first kappa shape index (κ1) is 18.0. The van der Waals surface area contributed by atoms with Crippen molar-refractivity contribution in [3.05, 3.63) is 83.2 Å². The summed E-state index contributed by atoms with van der Waals surface area (Å²) in [6.45, 7) is 3.81. The molecular formula is C21H20N6. The molecule has 2 aromatic carbocycles. The van der Waals surface area contributed by atoms with Crippen LogP contribution in [0.1, 0.15) is 29.3 Å². The molecule has 0 aliphatic rings. The van der Waals surface area contributed by atoms with Gasteiger partial charge in [0.15, 0.2) is 0 Å². The van der Waals surface area contributed by atoms with Crippen molar-refractivity contribution < 1.29 is 0 Å². The molecule has 0 radical (unpaired) electrons. The molecule has 0 aliphatic carbocycles. The second kappa shape index (κ2) is 8.02. The molecule has 0 saturated heterocycles. The van der Waals surface area contributed by atoms with E-state index in [2.05, 4.69) is 27.1 Å². The van der Waals surface area contributed by atoms with Gasteiger partial charge in [-0.05, 0) is 50.2 Å². The van der Waals surface area contributed by atoms with Gasteiger partial charge >= 0.3 is 0 Å². The Bertz CT molecular complexity index is 1040. The van der Waals surface area contributed by atoms with E-state index in [0.717, 1.165) is 28.1 Å². The number of guanidine groups is 1. The van der Waals surface area contributed by atoms with E-state index in [-0.39, 0.29) is 5.96 Å². The minimum Gasteiger partial charge on any atom is -0.369 e. The van der Waals surface area contributed by atoms with Gasteiger partial charge in [0.2, 0.25) is 5.96 Å². The first-order chi connectivity index (χ1) is 13.0. The topological polar surface area (TPSA) is 94.6 Å². The van der Waals surface area contributed by atoms with Gasteiger partial charge in [-0.1, -0.05) is 30.0 Å². The fourth-order valence-corrected chi connectivity index (χ4v) is 2.56. The second-order valence-electron chi connectivity index (χ2n) is 5.93. The van der Waals surface area contributed by atoms with Crippen molar-refractivity contribution in [3.8, 4) is 17.5 Å². The summed E-state index contributed by atoms with van der Waals surface area (Å²) < 4.78 is 1.85. The molecule has 3 aromatic rings. The van der Waals surface area contributed by atoms with Crippen LogP contribution in [-0.2, 0) is 0 Å². The molecule has 0 spiro atoms. The van der Waals surface area contributed by atoms with E-state index in [1.807, 2.05) is 73.1 Å². The summed E-state index contributed by atoms with van der Waals surface area (Å²) >= 11 is 0. The Kier molecular flexibility index (Phi) is 5.33. The predicted molar refractivity (Wildman–Crippen MR) is 109 cm³/mol. The average Bonchev–Trinajstić information content (AvgIpc) is 3.07. The molecule has 0 fully saturated rings. The summed E-state index contributed by atoms with van der Waals surface area (Å²) in [5.41, 5.74) is 16.0. The van der Waals surface area contributed by atoms with Crippen LogP contribution in [-0.4, -0.2) is 21.5 Å². The Balaban J connectivity index is 1.83. The maximum atomic E-state index is 5.32. The van der Waals surface area contributed by atoms with Gasteiger partial charge < -0.3 is 11.5 Å². The van der Waals surface area contributed by atoms with Gasteiger partial charge in [-0.2, -0.15) is 10.2 Å². The number of nitrogens with two attached hydrogens (primary N) is 2. The van der Waals surface area contributed by atoms with Crippen LogP contribution in [0, 0.1) is 18.8 Å². The molecule has 134 valence electrons. The molecule has 0 amide bonds. The Morgan fingerprint density at radius 2 is 1.56 bits per heavy atom. The van der Waals surface area contributed by atoms with Crippen LogP contribution in [0.3, 0.4) is 0 Å². The zero-order chi connectivity index (χ0) is 19.2. The zero-order valence-corrected chi connectivity index (χ0v) is 15.2. The van der Waals surface area contributed by atoms with E-state index in [0.29, 0.717) is 5.71 Å². The molecule has 0 saturated carbocycles. The number of rotatable bonds is 3. The van der Waals surface area contributed by atoms with E-state index >= 15 is 0 Å². The Labute approximate surface area is 158 Å². The normalized spacial score (nSPS) is 10.8. The van der Waals surface area contributed by atoms with Gasteiger partial charge in [0.25, 0.3) is 0 Å². The van der Waals surface area contributed by atoms with Gasteiger partial charge in [0.05, 0.1) is 23.3 Å². The Morgan fingerprint density at radius 1 is 0.926 bits per heavy atom. The smallest absolute Gasteiger partial charge is 0.211 e. The minimum atomic E-state index is -0.0772. The molecular weight excluding hydrogens is 336 g/mol. The van der Waals surface area contributed by atoms with Gasteiger partial charge in [-0.3, -0.25) is 0 Å². The van der Waals surface area contributed by atoms with Gasteiger partial charge in [0.1, 0.15) is 0 Å². The highest BCUT2D eigenvalue weighted by molar-refractivity contribution is 5.99. The first-order valence-corrected chi connectivity index (χ1v) is 8.40. The lowest BCUT2D eigenvalue weighted by Gasteiger charge is -2.05. The number of nitrogens with zero attached hydrogens (tertiary/aromatic N) is 4. The van der Waals surface area contributed by atoms with Crippen molar-refractivity contribution in [2.75, 3.05) is 0 Å². The van der Waals surface area contributed by atoms with Crippen LogP contribution in [0.5, 0.6) is 0 Å². The summed E-state index contributed by atoms with van der Waals surface area (Å²) in [7, 11) is 0. The third-order valence-electron chi connectivity index (χ3n) is 3.95. The fraction of sp³-hybridized carbons (Fsp3) is 0.0952. The molecule has 27 heavy (non-hydrogen) atoms. The van der Waals surface area contributed by atoms with E-state index in [4.69, 9.17) is 11.5 Å². The molecule has 3 rings (SSSR count). The lowest BCUT2D eigenvalue weighted by molar-refractivity contribution is 0.846. The van der Waals surface area contributed by atoms with Crippen LogP contribution in [0.4, 0.5) is 0 Å². The largest absolute Gasteiger partial charge is 0.369 e. The Morgan fingerprint density at radius 3 is 2.19 bits per heavy atom. The average molecular weight is 356 g/mol. The summed E-state index contributed by atoms with van der Waals surface area (Å²) in [6.07, 6.45) is 1.75. The molecule has 1 heterocycles. The SMILES string of the molecule is C/C(=N\N=C(N)N)c1cnn(-c2ccc(C#Cc3ccccc3)cc2)c1C. The standard InChI is InChI=1S/C21H20N6/c1-15(25-26-21(22)23)20-14-24-27(16(20)2)19-12-10-18(11-13-19)9-8-17-6-4-3-5-7-17/h3-7,10-14H,1-2H3,(H4,22,23,26)/b25-15+. The Hall–Kier alpha value is -3.85. The third-order valence-corrected chi connectivity index (χ3v) is 3.95. The summed E-state index contributed by atoms with van der Waals surface area (Å²) in [4.78, 5) is 0. The molecule has 6 heteroatoms. The molecule has 0 unspecified atom stereocenters. The van der Waals surface area contributed by atoms with E-state index in [1.165, 1.54) is 0 Å². The van der Waals surface area contributed by atoms with Crippen molar-refractivity contribution in [1.29, 1.82) is 0 Å². The van der Waals surface area contributed by atoms with Crippen LogP contribution in [0.15, 0.2) is 71.0 Å². The molecule has 6 nitrogen and oxygen atoms in total. The quantitative estimate of drug-likeness (QED) is 0.327. The summed E-state index contributed by atoms with van der Waals surface area (Å²) in [5, 5.41) is 12.1. The van der Waals surface area contributed by atoms with Crippen LogP contribution >= 0.6 is 0 Å². The maximum Gasteiger partial charge on any atom is 0.211 e. The lowest BCUT2D eigenvalue weighted by Crippen LogP contribution is -2.22. The summed E-state index contributed by atoms with van der Waals surface area (Å²) in [5.74, 6) is 6.24. The fourth-order valence-electron chi connectivity index (χ4n) is 2.56. The minimum absolute atomic E-state index is 0.0772. The van der Waals surface area contributed by atoms with Gasteiger partial charge in [0, 0.05) is 16.7 Å². The molecule has 0 aliphatic heterocycles. The highest BCUT2D eigenvalue weighted by Gasteiger charge is 2.10. The van der Waals surface area contributed by atoms with Gasteiger partial charge in [-0.15, -0.1) is 5.10 Å². The maximum absolute atomic E-state index is 5.32. The van der Waals surface area contributed by atoms with Crippen molar-refractivity contribution >= 4 is 11.7 Å².